The van der Waals surface area contributed by atoms with E-state index in [0.29, 0.717) is 6.54 Å². The summed E-state index contributed by atoms with van der Waals surface area (Å²) in [4.78, 5) is 8.63. The van der Waals surface area contributed by atoms with Crippen molar-refractivity contribution in [3.05, 3.63) is 29.6 Å². The molecule has 0 aliphatic carbocycles. The molecular weight excluding hydrogens is 224 g/mol. The first kappa shape index (κ1) is 14.5. The first-order valence-electron chi connectivity index (χ1n) is 6.63. The van der Waals surface area contributed by atoms with Gasteiger partial charge in [0.2, 0.25) is 0 Å². The van der Waals surface area contributed by atoms with Crippen molar-refractivity contribution in [3.63, 3.8) is 0 Å². The fourth-order valence-electron chi connectivity index (χ4n) is 1.67. The number of hydrogen-bond donors (Lipinski definition) is 2. The predicted molar refractivity (Wildman–Crippen MR) is 76.7 cm³/mol. The van der Waals surface area contributed by atoms with Gasteiger partial charge < -0.3 is 10.6 Å². The maximum absolute atomic E-state index is 4.44. The number of hydrogen-bond acceptors (Lipinski definition) is 2. The molecule has 1 aromatic heterocycles. The van der Waals surface area contributed by atoms with E-state index in [2.05, 4.69) is 27.5 Å². The van der Waals surface area contributed by atoms with E-state index in [-0.39, 0.29) is 0 Å². The highest BCUT2D eigenvalue weighted by Crippen LogP contribution is 1.97. The van der Waals surface area contributed by atoms with Crippen LogP contribution in [0.15, 0.2) is 23.2 Å². The van der Waals surface area contributed by atoms with Crippen LogP contribution in [0.4, 0.5) is 0 Å². The molecule has 0 fully saturated rings. The molecule has 0 radical (unpaired) electrons. The van der Waals surface area contributed by atoms with Crippen molar-refractivity contribution < 1.29 is 0 Å². The quantitative estimate of drug-likeness (QED) is 0.461. The van der Waals surface area contributed by atoms with E-state index in [9.17, 15) is 0 Å². The van der Waals surface area contributed by atoms with Crippen molar-refractivity contribution >= 4 is 5.96 Å². The van der Waals surface area contributed by atoms with Crippen molar-refractivity contribution in [2.45, 2.75) is 39.7 Å². The number of guanidine groups is 1. The van der Waals surface area contributed by atoms with E-state index < -0.39 is 0 Å². The molecular formula is C14H24N4. The van der Waals surface area contributed by atoms with Gasteiger partial charge in [-0.2, -0.15) is 0 Å². The average molecular weight is 248 g/mol. The number of unbranched alkanes of at least 4 members (excludes halogenated alkanes) is 2. The van der Waals surface area contributed by atoms with Gasteiger partial charge in [0.1, 0.15) is 0 Å². The fraction of sp³-hybridized carbons (Fsp3) is 0.571. The number of aliphatic imine (C=N–C) groups is 1. The van der Waals surface area contributed by atoms with Gasteiger partial charge in [0.05, 0.1) is 12.2 Å². The smallest absolute Gasteiger partial charge is 0.191 e. The van der Waals surface area contributed by atoms with Crippen LogP contribution in [0.1, 0.15) is 37.6 Å². The van der Waals surface area contributed by atoms with E-state index in [0.717, 1.165) is 23.9 Å². The Morgan fingerprint density at radius 3 is 2.78 bits per heavy atom. The summed E-state index contributed by atoms with van der Waals surface area (Å²) >= 11 is 0. The van der Waals surface area contributed by atoms with Crippen molar-refractivity contribution in [2.75, 3.05) is 13.6 Å². The first-order valence-corrected chi connectivity index (χ1v) is 6.63. The van der Waals surface area contributed by atoms with Gasteiger partial charge in [0.25, 0.3) is 0 Å². The molecule has 0 amide bonds. The van der Waals surface area contributed by atoms with Gasteiger partial charge in [0, 0.05) is 19.3 Å². The maximum Gasteiger partial charge on any atom is 0.191 e. The van der Waals surface area contributed by atoms with Crippen LogP contribution >= 0.6 is 0 Å². The number of nitrogens with one attached hydrogen (secondary N) is 2. The molecule has 2 N–H and O–H groups in total. The molecule has 0 saturated carbocycles. The van der Waals surface area contributed by atoms with Gasteiger partial charge in [0.15, 0.2) is 5.96 Å². The molecule has 100 valence electrons. The molecule has 0 saturated heterocycles. The average Bonchev–Trinajstić information content (AvgIpc) is 2.38. The SMILES string of the molecule is CCCCCNC(=NC)NCc1cccc(C)n1. The molecule has 0 aromatic carbocycles. The minimum Gasteiger partial charge on any atom is -0.356 e. The van der Waals surface area contributed by atoms with Crippen LogP contribution in [-0.4, -0.2) is 24.5 Å². The zero-order valence-corrected chi connectivity index (χ0v) is 11.7. The summed E-state index contributed by atoms with van der Waals surface area (Å²) in [6.45, 7) is 5.88. The molecule has 0 aliphatic rings. The predicted octanol–water partition coefficient (Wildman–Crippen LogP) is 2.25. The molecule has 1 aromatic rings. The van der Waals surface area contributed by atoms with Gasteiger partial charge in [-0.1, -0.05) is 25.8 Å². The molecule has 0 spiro atoms. The van der Waals surface area contributed by atoms with Gasteiger partial charge in [-0.15, -0.1) is 0 Å². The topological polar surface area (TPSA) is 49.3 Å². The highest BCUT2D eigenvalue weighted by Gasteiger charge is 1.98. The van der Waals surface area contributed by atoms with Crippen LogP contribution in [0.5, 0.6) is 0 Å². The summed E-state index contributed by atoms with van der Waals surface area (Å²) in [6, 6.07) is 6.04. The summed E-state index contributed by atoms with van der Waals surface area (Å²) in [7, 11) is 1.79. The van der Waals surface area contributed by atoms with Crippen LogP contribution in [0.25, 0.3) is 0 Å². The van der Waals surface area contributed by atoms with Crippen molar-refractivity contribution in [2.24, 2.45) is 4.99 Å². The Morgan fingerprint density at radius 2 is 2.11 bits per heavy atom. The van der Waals surface area contributed by atoms with Crippen LogP contribution in [0, 0.1) is 6.92 Å². The first-order chi connectivity index (χ1) is 8.76. The van der Waals surface area contributed by atoms with Crippen LogP contribution in [0.2, 0.25) is 0 Å². The second-order valence-corrected chi connectivity index (χ2v) is 4.33. The molecule has 0 unspecified atom stereocenters. The van der Waals surface area contributed by atoms with E-state index in [1.54, 1.807) is 7.05 Å². The second kappa shape index (κ2) is 8.50. The lowest BCUT2D eigenvalue weighted by molar-refractivity contribution is 0.681. The van der Waals surface area contributed by atoms with Crippen molar-refractivity contribution in [1.82, 2.24) is 15.6 Å². The third-order valence-corrected chi connectivity index (χ3v) is 2.68. The molecule has 1 rings (SSSR count). The zero-order valence-electron chi connectivity index (χ0n) is 11.7. The number of aromatic nitrogens is 1. The van der Waals surface area contributed by atoms with E-state index >= 15 is 0 Å². The Labute approximate surface area is 110 Å². The monoisotopic (exact) mass is 248 g/mol. The third-order valence-electron chi connectivity index (χ3n) is 2.68. The molecule has 4 heteroatoms. The molecule has 0 atom stereocenters. The summed E-state index contributed by atoms with van der Waals surface area (Å²) in [5.41, 5.74) is 2.08. The highest BCUT2D eigenvalue weighted by atomic mass is 15.2. The Bertz CT molecular complexity index is 374. The third kappa shape index (κ3) is 5.66. The van der Waals surface area contributed by atoms with Crippen molar-refractivity contribution in [1.29, 1.82) is 0 Å². The molecule has 0 bridgehead atoms. The van der Waals surface area contributed by atoms with Gasteiger partial charge in [-0.25, -0.2) is 0 Å². The molecule has 18 heavy (non-hydrogen) atoms. The lowest BCUT2D eigenvalue weighted by atomic mass is 10.2. The second-order valence-electron chi connectivity index (χ2n) is 4.33. The standard InChI is InChI=1S/C14H24N4/c1-4-5-6-10-16-14(15-3)17-11-13-9-7-8-12(2)18-13/h7-9H,4-6,10-11H2,1-3H3,(H2,15,16,17). The minimum absolute atomic E-state index is 0.704. The summed E-state index contributed by atoms with van der Waals surface area (Å²) < 4.78 is 0. The molecule has 4 nitrogen and oxygen atoms in total. The summed E-state index contributed by atoms with van der Waals surface area (Å²) in [5, 5.41) is 6.57. The van der Waals surface area contributed by atoms with Gasteiger partial charge in [-0.3, -0.25) is 9.98 Å². The maximum atomic E-state index is 4.44. The van der Waals surface area contributed by atoms with Gasteiger partial charge in [-0.05, 0) is 25.5 Å². The summed E-state index contributed by atoms with van der Waals surface area (Å²) in [6.07, 6.45) is 3.67. The Balaban J connectivity index is 2.31. The lowest BCUT2D eigenvalue weighted by Crippen LogP contribution is -2.37. The summed E-state index contributed by atoms with van der Waals surface area (Å²) in [5.74, 6) is 0.842. The zero-order chi connectivity index (χ0) is 13.2. The number of pyridine rings is 1. The molecule has 0 aliphatic heterocycles. The number of aryl methyl sites for hydroxylation is 1. The van der Waals surface area contributed by atoms with Crippen LogP contribution in [0.3, 0.4) is 0 Å². The van der Waals surface area contributed by atoms with Crippen molar-refractivity contribution in [3.8, 4) is 0 Å². The Kier molecular flexibility index (Phi) is 6.84. The molecule has 1 heterocycles. The van der Waals surface area contributed by atoms with Crippen LogP contribution in [-0.2, 0) is 6.54 Å². The van der Waals surface area contributed by atoms with E-state index in [1.165, 1.54) is 19.3 Å². The van der Waals surface area contributed by atoms with E-state index in [4.69, 9.17) is 0 Å². The van der Waals surface area contributed by atoms with Gasteiger partial charge >= 0.3 is 0 Å². The number of rotatable bonds is 6. The fourth-order valence-corrected chi connectivity index (χ4v) is 1.67. The Hall–Kier alpha value is -1.58. The highest BCUT2D eigenvalue weighted by molar-refractivity contribution is 5.79. The minimum atomic E-state index is 0.704. The van der Waals surface area contributed by atoms with Crippen LogP contribution < -0.4 is 10.6 Å². The normalized spacial score (nSPS) is 11.4. The lowest BCUT2D eigenvalue weighted by Gasteiger charge is -2.11. The number of nitrogens with zero attached hydrogens (tertiary/aromatic N) is 2. The van der Waals surface area contributed by atoms with E-state index in [1.807, 2.05) is 25.1 Å². The largest absolute Gasteiger partial charge is 0.356 e. The Morgan fingerprint density at radius 1 is 1.28 bits per heavy atom.